The number of likely N-dealkylation sites (N-methyl/N-ethyl adjacent to an activating group) is 2. The molecule has 2 N–H and O–H groups in total. The second kappa shape index (κ2) is 22.1. The van der Waals surface area contributed by atoms with Crippen molar-refractivity contribution in [3.05, 3.63) is 45.3 Å². The topological polar surface area (TPSA) is 169 Å². The van der Waals surface area contributed by atoms with Gasteiger partial charge in [0.15, 0.2) is 0 Å². The molecule has 298 valence electrons. The van der Waals surface area contributed by atoms with E-state index in [9.17, 15) is 24.7 Å². The van der Waals surface area contributed by atoms with Gasteiger partial charge < -0.3 is 29.9 Å². The van der Waals surface area contributed by atoms with E-state index < -0.39 is 48.2 Å². The molecule has 0 saturated carbocycles. The van der Waals surface area contributed by atoms with Crippen LogP contribution in [0.25, 0.3) is 10.4 Å². The van der Waals surface area contributed by atoms with E-state index in [0.717, 1.165) is 12.0 Å². The number of methoxy groups -OCH3 is 2. The van der Waals surface area contributed by atoms with E-state index in [4.69, 9.17) is 21.1 Å². The average Bonchev–Trinajstić information content (AvgIpc) is 3.60. The number of carbonyl (C=O) groups is 4. The Hall–Kier alpha value is -3.42. The number of hydrogen-bond donors (Lipinski definition) is 2. The molecule has 1 aliphatic heterocycles. The highest BCUT2D eigenvalue weighted by atomic mass is 35.5. The predicted molar refractivity (Wildman–Crippen MR) is 207 cm³/mol. The van der Waals surface area contributed by atoms with Gasteiger partial charge in [0.1, 0.15) is 6.04 Å². The second-order valence-corrected chi connectivity index (χ2v) is 15.2. The second-order valence-electron chi connectivity index (χ2n) is 14.8. The fourth-order valence-corrected chi connectivity index (χ4v) is 7.85. The lowest BCUT2D eigenvalue weighted by Gasteiger charge is -2.41. The van der Waals surface area contributed by atoms with Crippen LogP contribution in [0.3, 0.4) is 0 Å². The summed E-state index contributed by atoms with van der Waals surface area (Å²) in [6.45, 7) is 12.1. The van der Waals surface area contributed by atoms with Crippen LogP contribution in [0.4, 0.5) is 0 Å². The zero-order valence-corrected chi connectivity index (χ0v) is 34.3. The third kappa shape index (κ3) is 12.3. The van der Waals surface area contributed by atoms with Gasteiger partial charge in [0.05, 0.1) is 48.7 Å². The molecule has 1 aliphatic rings. The number of nitrogens with one attached hydrogen (secondary N) is 2. The van der Waals surface area contributed by atoms with Gasteiger partial charge in [0.2, 0.25) is 23.6 Å². The Bertz CT molecular complexity index is 1400. The summed E-state index contributed by atoms with van der Waals surface area (Å²) in [6.07, 6.45) is 1.43. The van der Waals surface area contributed by atoms with Gasteiger partial charge in [-0.3, -0.25) is 24.1 Å². The summed E-state index contributed by atoms with van der Waals surface area (Å²) >= 11 is 6.29. The van der Waals surface area contributed by atoms with Gasteiger partial charge in [0, 0.05) is 44.3 Å². The van der Waals surface area contributed by atoms with Crippen molar-refractivity contribution < 1.29 is 28.7 Å². The van der Waals surface area contributed by atoms with Gasteiger partial charge in [-0.1, -0.05) is 82.9 Å². The molecule has 53 heavy (non-hydrogen) atoms. The number of nitrogens with zero attached hydrogens (tertiary/aromatic N) is 6. The Morgan fingerprint density at radius 3 is 2.26 bits per heavy atom. The van der Waals surface area contributed by atoms with Crippen LogP contribution >= 0.6 is 11.6 Å². The SMILES string of the molecule is CC[C@H](C)[C@@H]([C@@H](CC(=O)N1CCC[C@H]1[C@H](OC)[C@@H](C)C(=O)NCCc1ccccc1Cl)OC)N(C)C(=O)[C@@H](NC(=O)[C@H](C(C)C)N(C)C)C(C)N=[N+]=[N-]. The quantitative estimate of drug-likeness (QED) is 0.104. The lowest BCUT2D eigenvalue weighted by atomic mass is 9.89. The molecule has 15 heteroatoms. The molecule has 1 aromatic rings. The summed E-state index contributed by atoms with van der Waals surface area (Å²) in [7, 11) is 8.30. The van der Waals surface area contributed by atoms with E-state index in [-0.39, 0.29) is 42.0 Å². The molecule has 1 heterocycles. The molecule has 9 atom stereocenters. The average molecular weight is 763 g/mol. The molecule has 0 aromatic heterocycles. The van der Waals surface area contributed by atoms with Crippen LogP contribution < -0.4 is 10.6 Å². The minimum atomic E-state index is -1.15. The number of azide groups is 1. The van der Waals surface area contributed by atoms with Gasteiger partial charge in [0.25, 0.3) is 0 Å². The van der Waals surface area contributed by atoms with Crippen LogP contribution in [0.5, 0.6) is 0 Å². The maximum atomic E-state index is 14.3. The van der Waals surface area contributed by atoms with E-state index in [1.54, 1.807) is 45.0 Å². The van der Waals surface area contributed by atoms with Crippen molar-refractivity contribution in [3.63, 3.8) is 0 Å². The van der Waals surface area contributed by atoms with Crippen LogP contribution in [0.2, 0.25) is 5.02 Å². The number of halogens is 1. The third-order valence-electron chi connectivity index (χ3n) is 10.6. The number of rotatable bonds is 21. The van der Waals surface area contributed by atoms with Crippen LogP contribution in [-0.4, -0.2) is 129 Å². The smallest absolute Gasteiger partial charge is 0.245 e. The highest BCUT2D eigenvalue weighted by Crippen LogP contribution is 2.29. The van der Waals surface area contributed by atoms with Crippen molar-refractivity contribution in [2.24, 2.45) is 22.9 Å². The van der Waals surface area contributed by atoms with E-state index in [2.05, 4.69) is 20.7 Å². The van der Waals surface area contributed by atoms with Crippen LogP contribution in [-0.2, 0) is 35.1 Å². The highest BCUT2D eigenvalue weighted by Gasteiger charge is 2.43. The largest absolute Gasteiger partial charge is 0.379 e. The number of ether oxygens (including phenoxy) is 2. The van der Waals surface area contributed by atoms with E-state index in [1.807, 2.05) is 58.9 Å². The van der Waals surface area contributed by atoms with Crippen molar-refractivity contribution in [3.8, 4) is 0 Å². The molecule has 0 radical (unpaired) electrons. The van der Waals surface area contributed by atoms with E-state index in [1.165, 1.54) is 12.0 Å². The summed E-state index contributed by atoms with van der Waals surface area (Å²) in [4.78, 5) is 63.2. The van der Waals surface area contributed by atoms with Gasteiger partial charge in [-0.25, -0.2) is 0 Å². The van der Waals surface area contributed by atoms with Crippen LogP contribution in [0.15, 0.2) is 29.4 Å². The van der Waals surface area contributed by atoms with Crippen LogP contribution in [0.1, 0.15) is 72.8 Å². The van der Waals surface area contributed by atoms with Gasteiger partial charge in [-0.15, -0.1) is 0 Å². The van der Waals surface area contributed by atoms with E-state index in [0.29, 0.717) is 37.4 Å². The van der Waals surface area contributed by atoms with Crippen molar-refractivity contribution in [1.82, 2.24) is 25.3 Å². The molecule has 14 nitrogen and oxygen atoms in total. The normalized spacial score (nSPS) is 19.0. The molecule has 4 amide bonds. The minimum Gasteiger partial charge on any atom is -0.379 e. The summed E-state index contributed by atoms with van der Waals surface area (Å²) in [5.41, 5.74) is 10.2. The Kier molecular flexibility index (Phi) is 19.1. The monoisotopic (exact) mass is 762 g/mol. The fourth-order valence-electron chi connectivity index (χ4n) is 7.62. The summed E-state index contributed by atoms with van der Waals surface area (Å²) in [5.74, 6) is -1.83. The first-order valence-corrected chi connectivity index (χ1v) is 19.1. The molecule has 0 spiro atoms. The zero-order valence-electron chi connectivity index (χ0n) is 33.5. The molecule has 1 fully saturated rings. The third-order valence-corrected chi connectivity index (χ3v) is 11.0. The number of carbonyl (C=O) groups excluding carboxylic acids is 4. The maximum Gasteiger partial charge on any atom is 0.245 e. The Labute approximate surface area is 321 Å². The maximum absolute atomic E-state index is 14.3. The lowest BCUT2D eigenvalue weighted by Crippen LogP contribution is -2.60. The first kappa shape index (κ1) is 45.7. The standard InChI is InChI=1S/C38H63ClN8O6/c1-12-24(4)34(46(9)38(51)32(26(6)43-44-40)42-37(50)33(23(2)3)45(7)8)30(52-10)22-31(48)47-21-15-18-29(47)35(53-11)25(5)36(49)41-20-19-27-16-13-14-17-28(27)39/h13-14,16-17,23-26,29-30,32-35H,12,15,18-22H2,1-11H3,(H,41,49)(H,42,50)/t24-,25+,26?,29-,30+,32-,33-,34-,35+/m0/s1. The molecular weight excluding hydrogens is 700 g/mol. The zero-order chi connectivity index (χ0) is 40.0. The highest BCUT2D eigenvalue weighted by molar-refractivity contribution is 6.31. The summed E-state index contributed by atoms with van der Waals surface area (Å²) in [6, 6.07) is 4.08. The molecule has 0 bridgehead atoms. The van der Waals surface area contributed by atoms with Gasteiger partial charge >= 0.3 is 0 Å². The minimum absolute atomic E-state index is 0.0204. The van der Waals surface area contributed by atoms with Crippen molar-refractivity contribution in [2.75, 3.05) is 48.5 Å². The first-order chi connectivity index (χ1) is 25.0. The summed E-state index contributed by atoms with van der Waals surface area (Å²) in [5, 5.41) is 10.3. The predicted octanol–water partition coefficient (Wildman–Crippen LogP) is 4.69. The van der Waals surface area contributed by atoms with Crippen molar-refractivity contribution in [1.29, 1.82) is 0 Å². The Morgan fingerprint density at radius 2 is 1.72 bits per heavy atom. The van der Waals surface area contributed by atoms with Gasteiger partial charge in [-0.2, -0.15) is 0 Å². The van der Waals surface area contributed by atoms with E-state index >= 15 is 0 Å². The lowest BCUT2D eigenvalue weighted by molar-refractivity contribution is -0.147. The molecule has 2 rings (SSSR count). The Balaban J connectivity index is 2.27. The van der Waals surface area contributed by atoms with Crippen molar-refractivity contribution >= 4 is 35.2 Å². The fraction of sp³-hybridized carbons (Fsp3) is 0.737. The molecule has 1 aromatic carbocycles. The molecule has 1 unspecified atom stereocenters. The number of amides is 4. The van der Waals surface area contributed by atoms with Crippen LogP contribution in [0, 0.1) is 17.8 Å². The van der Waals surface area contributed by atoms with Crippen molar-refractivity contribution in [2.45, 2.75) is 116 Å². The molecule has 0 aliphatic carbocycles. The number of likely N-dealkylation sites (tertiary alicyclic amines) is 1. The molecular formula is C38H63ClN8O6. The van der Waals surface area contributed by atoms with Gasteiger partial charge in [-0.05, 0) is 62.4 Å². The summed E-state index contributed by atoms with van der Waals surface area (Å²) < 4.78 is 11.9. The molecule has 1 saturated heterocycles. The Morgan fingerprint density at radius 1 is 1.06 bits per heavy atom. The number of hydrogen-bond acceptors (Lipinski definition) is 8. The number of benzene rings is 1. The first-order valence-electron chi connectivity index (χ1n) is 18.7.